The number of hydrogen-bond acceptors (Lipinski definition) is 3. The summed E-state index contributed by atoms with van der Waals surface area (Å²) in [5.41, 5.74) is 2.83. The standard InChI is InChI=1S/C7H8N2S/c1-7-3-2-4-8-6-10-9-5-7/h2-6H,1H3. The van der Waals surface area contributed by atoms with E-state index >= 15 is 0 Å². The maximum atomic E-state index is 4.01. The van der Waals surface area contributed by atoms with Gasteiger partial charge in [0, 0.05) is 12.4 Å². The zero-order valence-electron chi connectivity index (χ0n) is 5.69. The van der Waals surface area contributed by atoms with E-state index in [0.29, 0.717) is 0 Å². The molecule has 0 radical (unpaired) electrons. The van der Waals surface area contributed by atoms with Gasteiger partial charge in [0.2, 0.25) is 0 Å². The number of aromatic nitrogens is 2. The topological polar surface area (TPSA) is 25.8 Å². The highest BCUT2D eigenvalue weighted by atomic mass is 32.1. The summed E-state index contributed by atoms with van der Waals surface area (Å²) in [7, 11) is 0. The van der Waals surface area contributed by atoms with Gasteiger partial charge in [-0.1, -0.05) is 6.07 Å². The lowest BCUT2D eigenvalue weighted by molar-refractivity contribution is 1.39. The van der Waals surface area contributed by atoms with Crippen LogP contribution in [0.15, 0.2) is 30.0 Å². The monoisotopic (exact) mass is 152 g/mol. The third kappa shape index (κ3) is 2.55. The van der Waals surface area contributed by atoms with Crippen LogP contribution in [0.3, 0.4) is 0 Å². The van der Waals surface area contributed by atoms with Crippen LogP contribution in [-0.4, -0.2) is 9.36 Å². The second-order valence-electron chi connectivity index (χ2n) is 1.85. The quantitative estimate of drug-likeness (QED) is 0.568. The molecule has 0 aromatic carbocycles. The lowest BCUT2D eigenvalue weighted by atomic mass is 10.4. The molecule has 0 aliphatic rings. The van der Waals surface area contributed by atoms with Crippen LogP contribution in [0.4, 0.5) is 0 Å². The second kappa shape index (κ2) is 3.95. The first-order valence-electron chi connectivity index (χ1n) is 2.94. The zero-order valence-corrected chi connectivity index (χ0v) is 6.51. The molecule has 1 rings (SSSR count). The maximum Gasteiger partial charge on any atom is 0.0981 e. The van der Waals surface area contributed by atoms with Crippen molar-refractivity contribution in [2.24, 2.45) is 0 Å². The first-order chi connectivity index (χ1) is 4.89. The van der Waals surface area contributed by atoms with E-state index in [1.165, 1.54) is 11.5 Å². The Kier molecular flexibility index (Phi) is 2.83. The molecule has 1 heterocycles. The van der Waals surface area contributed by atoms with E-state index in [1.54, 1.807) is 11.7 Å². The van der Waals surface area contributed by atoms with E-state index in [0.717, 1.165) is 5.56 Å². The van der Waals surface area contributed by atoms with E-state index < -0.39 is 0 Å². The molecule has 0 atom stereocenters. The summed E-state index contributed by atoms with van der Waals surface area (Å²) in [5.74, 6) is 0. The summed E-state index contributed by atoms with van der Waals surface area (Å²) in [4.78, 5) is 3.92. The van der Waals surface area contributed by atoms with E-state index in [1.807, 2.05) is 25.3 Å². The Bertz CT molecular complexity index is 219. The predicted octanol–water partition coefficient (Wildman–Crippen LogP) is 1.97. The van der Waals surface area contributed by atoms with Gasteiger partial charge in [-0.15, -0.1) is 0 Å². The van der Waals surface area contributed by atoms with Crippen LogP contribution in [0.25, 0.3) is 0 Å². The molecule has 0 saturated heterocycles. The van der Waals surface area contributed by atoms with Gasteiger partial charge >= 0.3 is 0 Å². The highest BCUT2D eigenvalue weighted by Gasteiger charge is 1.71. The molecule has 0 bridgehead atoms. The van der Waals surface area contributed by atoms with Crippen LogP contribution in [0.1, 0.15) is 5.56 Å². The molecule has 1 aromatic rings. The van der Waals surface area contributed by atoms with Crippen molar-refractivity contribution in [3.63, 3.8) is 0 Å². The smallest absolute Gasteiger partial charge is 0.0981 e. The van der Waals surface area contributed by atoms with E-state index in [-0.39, 0.29) is 0 Å². The van der Waals surface area contributed by atoms with Crippen molar-refractivity contribution in [2.75, 3.05) is 0 Å². The predicted molar refractivity (Wildman–Crippen MR) is 42.3 cm³/mol. The molecule has 10 heavy (non-hydrogen) atoms. The summed E-state index contributed by atoms with van der Waals surface area (Å²) >= 11 is 1.33. The van der Waals surface area contributed by atoms with Gasteiger partial charge in [0.1, 0.15) is 0 Å². The molecule has 1 aromatic heterocycles. The molecule has 0 amide bonds. The fourth-order valence-corrected chi connectivity index (χ4v) is 0.897. The van der Waals surface area contributed by atoms with Gasteiger partial charge in [-0.05, 0) is 30.1 Å². The number of hydrogen-bond donors (Lipinski definition) is 0. The molecule has 3 heteroatoms. The Morgan fingerprint density at radius 1 is 1.50 bits per heavy atom. The molecule has 0 fully saturated rings. The third-order valence-corrected chi connectivity index (χ3v) is 1.40. The largest absolute Gasteiger partial charge is 0.252 e. The average molecular weight is 152 g/mol. The van der Waals surface area contributed by atoms with Crippen molar-refractivity contribution in [3.05, 3.63) is 35.6 Å². The zero-order chi connectivity index (χ0) is 7.23. The van der Waals surface area contributed by atoms with E-state index in [4.69, 9.17) is 0 Å². The van der Waals surface area contributed by atoms with Crippen molar-refractivity contribution in [2.45, 2.75) is 6.92 Å². The fourth-order valence-electron chi connectivity index (χ4n) is 0.491. The summed E-state index contributed by atoms with van der Waals surface area (Å²) in [6.07, 6.45) is 3.55. The third-order valence-electron chi connectivity index (χ3n) is 0.956. The van der Waals surface area contributed by atoms with Gasteiger partial charge in [0.25, 0.3) is 0 Å². The summed E-state index contributed by atoms with van der Waals surface area (Å²) in [6.45, 7) is 2.00. The SMILES string of the molecule is Cc1cccncsnc1. The Labute approximate surface area is 64.1 Å². The Morgan fingerprint density at radius 2 is 2.40 bits per heavy atom. The first kappa shape index (κ1) is 7.15. The fraction of sp³-hybridized carbons (Fsp3) is 0.143. The normalized spacial score (nSPS) is 8.50. The Morgan fingerprint density at radius 3 is 3.30 bits per heavy atom. The van der Waals surface area contributed by atoms with Crippen LogP contribution in [0.2, 0.25) is 0 Å². The van der Waals surface area contributed by atoms with Crippen LogP contribution >= 0.6 is 11.5 Å². The summed E-state index contributed by atoms with van der Waals surface area (Å²) in [5, 5.41) is 0. The Hall–Kier alpha value is -0.960. The van der Waals surface area contributed by atoms with Crippen molar-refractivity contribution < 1.29 is 0 Å². The number of aryl methyl sites for hydroxylation is 1. The minimum absolute atomic E-state index is 1.13. The van der Waals surface area contributed by atoms with Crippen LogP contribution in [0.5, 0.6) is 0 Å². The van der Waals surface area contributed by atoms with Gasteiger partial charge in [-0.3, -0.25) is 4.98 Å². The van der Waals surface area contributed by atoms with Gasteiger partial charge in [0.15, 0.2) is 0 Å². The molecule has 0 N–H and O–H groups in total. The van der Waals surface area contributed by atoms with Gasteiger partial charge in [0.05, 0.1) is 5.51 Å². The molecule has 0 unspecified atom stereocenters. The minimum atomic E-state index is 1.13. The summed E-state index contributed by atoms with van der Waals surface area (Å²) in [6, 6.07) is 3.86. The average Bonchev–Trinajstić information content (AvgIpc) is 2.02. The van der Waals surface area contributed by atoms with Gasteiger partial charge < -0.3 is 0 Å². The van der Waals surface area contributed by atoms with Crippen molar-refractivity contribution >= 4 is 11.5 Å². The molecular formula is C7H8N2S. The summed E-state index contributed by atoms with van der Waals surface area (Å²) < 4.78 is 4.01. The Balaban J connectivity index is 3.13. The lowest BCUT2D eigenvalue weighted by Crippen LogP contribution is -1.61. The molecule has 52 valence electrons. The van der Waals surface area contributed by atoms with Crippen LogP contribution in [-0.2, 0) is 0 Å². The van der Waals surface area contributed by atoms with Gasteiger partial charge in [-0.25, -0.2) is 0 Å². The first-order valence-corrected chi connectivity index (χ1v) is 3.77. The molecule has 0 aliphatic carbocycles. The molecule has 0 spiro atoms. The van der Waals surface area contributed by atoms with Crippen molar-refractivity contribution in [3.8, 4) is 0 Å². The van der Waals surface area contributed by atoms with Crippen LogP contribution < -0.4 is 0 Å². The second-order valence-corrected chi connectivity index (χ2v) is 2.48. The highest BCUT2D eigenvalue weighted by Crippen LogP contribution is 1.88. The molecule has 2 nitrogen and oxygen atoms in total. The molecule has 0 aliphatic heterocycles. The number of rotatable bonds is 0. The van der Waals surface area contributed by atoms with Gasteiger partial charge in [-0.2, -0.15) is 4.37 Å². The highest BCUT2D eigenvalue weighted by molar-refractivity contribution is 7.02. The minimum Gasteiger partial charge on any atom is -0.252 e. The van der Waals surface area contributed by atoms with Crippen LogP contribution in [0, 0.1) is 6.92 Å². The molecule has 0 saturated carbocycles. The van der Waals surface area contributed by atoms with Crippen molar-refractivity contribution in [1.29, 1.82) is 0 Å². The molecular weight excluding hydrogens is 144 g/mol. The number of nitrogens with zero attached hydrogens (tertiary/aromatic N) is 2. The van der Waals surface area contributed by atoms with E-state index in [9.17, 15) is 0 Å². The lowest BCUT2D eigenvalue weighted by Gasteiger charge is -1.75. The van der Waals surface area contributed by atoms with E-state index in [2.05, 4.69) is 9.36 Å². The maximum absolute atomic E-state index is 4.01. The van der Waals surface area contributed by atoms with Crippen molar-refractivity contribution in [1.82, 2.24) is 9.36 Å².